The molecule has 2 atom stereocenters. The maximum Gasteiger partial charge on any atom is 0.119 e. The number of hydrogen-bond acceptors (Lipinski definition) is 2. The maximum atomic E-state index is 5.50. The van der Waals surface area contributed by atoms with E-state index in [9.17, 15) is 0 Å². The first-order valence-electron chi connectivity index (χ1n) is 6.36. The molecule has 0 bridgehead atoms. The third kappa shape index (κ3) is 3.45. The quantitative estimate of drug-likeness (QED) is 0.753. The summed E-state index contributed by atoms with van der Waals surface area (Å²) in [5.41, 5.74) is 1.30. The zero-order valence-electron chi connectivity index (χ0n) is 11.9. The Morgan fingerprint density at radius 2 is 2.06 bits per heavy atom. The van der Waals surface area contributed by atoms with Crippen LogP contribution in [0, 0.1) is 5.92 Å². The molecule has 0 aliphatic rings. The Bertz CT molecular complexity index is 403. The number of benzene rings is 1. The van der Waals surface area contributed by atoms with Crippen molar-refractivity contribution >= 4 is 17.2 Å². The fraction of sp³-hybridized carbons (Fsp3) is 0.533. The number of ether oxygens (including phenoxy) is 1. The van der Waals surface area contributed by atoms with Crippen molar-refractivity contribution in [3.8, 4) is 5.75 Å². The van der Waals surface area contributed by atoms with Crippen molar-refractivity contribution in [3.63, 3.8) is 0 Å². The fourth-order valence-electron chi connectivity index (χ4n) is 2.33. The van der Waals surface area contributed by atoms with Gasteiger partial charge in [-0.15, -0.1) is 0 Å². The van der Waals surface area contributed by atoms with Crippen LogP contribution in [0.2, 0.25) is 0 Å². The molecular weight excluding hydrogens is 242 g/mol. The highest BCUT2D eigenvalue weighted by Gasteiger charge is 2.22. The predicted octanol–water partition coefficient (Wildman–Crippen LogP) is 3.71. The molecule has 0 aliphatic carbocycles. The molecule has 2 nitrogen and oxygen atoms in total. The standard InChI is InChI=1S/C15H23NOS/c1-6-14(11(2)15(18)16(3)4)12-8-7-9-13(10-12)17-5/h7-11,14H,6H2,1-5H3. The van der Waals surface area contributed by atoms with Gasteiger partial charge in [-0.3, -0.25) is 0 Å². The van der Waals surface area contributed by atoms with E-state index < -0.39 is 0 Å². The minimum Gasteiger partial charge on any atom is -0.497 e. The van der Waals surface area contributed by atoms with Crippen LogP contribution in [-0.2, 0) is 0 Å². The zero-order valence-corrected chi connectivity index (χ0v) is 12.8. The lowest BCUT2D eigenvalue weighted by Gasteiger charge is -2.28. The lowest BCUT2D eigenvalue weighted by Crippen LogP contribution is -2.29. The summed E-state index contributed by atoms with van der Waals surface area (Å²) in [6.07, 6.45) is 1.07. The normalized spacial score (nSPS) is 13.8. The monoisotopic (exact) mass is 265 g/mol. The number of hydrogen-bond donors (Lipinski definition) is 0. The van der Waals surface area contributed by atoms with Crippen LogP contribution in [0.1, 0.15) is 31.7 Å². The first-order chi connectivity index (χ1) is 8.51. The van der Waals surface area contributed by atoms with Crippen LogP contribution in [-0.4, -0.2) is 31.1 Å². The van der Waals surface area contributed by atoms with Gasteiger partial charge >= 0.3 is 0 Å². The van der Waals surface area contributed by atoms with Gasteiger partial charge in [-0.1, -0.05) is 38.2 Å². The van der Waals surface area contributed by atoms with E-state index in [4.69, 9.17) is 17.0 Å². The number of rotatable bonds is 5. The Kier molecular flexibility index (Phi) is 5.60. The van der Waals surface area contributed by atoms with Crippen LogP contribution in [0.4, 0.5) is 0 Å². The second-order valence-electron chi connectivity index (χ2n) is 4.81. The molecule has 0 fully saturated rings. The van der Waals surface area contributed by atoms with Gasteiger partial charge in [-0.05, 0) is 30.0 Å². The lowest BCUT2D eigenvalue weighted by atomic mass is 9.84. The van der Waals surface area contributed by atoms with Crippen LogP contribution in [0.25, 0.3) is 0 Å². The molecule has 0 aromatic heterocycles. The molecule has 0 aliphatic heterocycles. The molecule has 0 N–H and O–H groups in total. The van der Waals surface area contributed by atoms with Crippen molar-refractivity contribution in [2.75, 3.05) is 21.2 Å². The van der Waals surface area contributed by atoms with Crippen LogP contribution in [0.5, 0.6) is 5.75 Å². The number of nitrogens with zero attached hydrogens (tertiary/aromatic N) is 1. The predicted molar refractivity (Wildman–Crippen MR) is 81.5 cm³/mol. The van der Waals surface area contributed by atoms with Crippen molar-refractivity contribution in [2.45, 2.75) is 26.2 Å². The highest BCUT2D eigenvalue weighted by atomic mass is 32.1. The smallest absolute Gasteiger partial charge is 0.119 e. The van der Waals surface area contributed by atoms with Gasteiger partial charge in [0.05, 0.1) is 12.1 Å². The highest BCUT2D eigenvalue weighted by molar-refractivity contribution is 7.80. The molecule has 1 aromatic carbocycles. The van der Waals surface area contributed by atoms with Gasteiger partial charge in [0.15, 0.2) is 0 Å². The SMILES string of the molecule is CCC(c1cccc(OC)c1)C(C)C(=S)N(C)C. The molecular formula is C15H23NOS. The molecule has 2 unspecified atom stereocenters. The van der Waals surface area contributed by atoms with Crippen molar-refractivity contribution in [1.82, 2.24) is 4.90 Å². The van der Waals surface area contributed by atoms with E-state index in [1.54, 1.807) is 7.11 Å². The molecule has 18 heavy (non-hydrogen) atoms. The largest absolute Gasteiger partial charge is 0.497 e. The summed E-state index contributed by atoms with van der Waals surface area (Å²) >= 11 is 5.50. The summed E-state index contributed by atoms with van der Waals surface area (Å²) in [7, 11) is 5.72. The Balaban J connectivity index is 2.98. The lowest BCUT2D eigenvalue weighted by molar-refractivity contribution is 0.412. The topological polar surface area (TPSA) is 12.5 Å². The average molecular weight is 265 g/mol. The van der Waals surface area contributed by atoms with Crippen LogP contribution in [0.3, 0.4) is 0 Å². The average Bonchev–Trinajstić information content (AvgIpc) is 2.38. The van der Waals surface area contributed by atoms with Crippen molar-refractivity contribution in [1.29, 1.82) is 0 Å². The van der Waals surface area contributed by atoms with Crippen molar-refractivity contribution in [2.24, 2.45) is 5.92 Å². The van der Waals surface area contributed by atoms with Gasteiger partial charge in [-0.25, -0.2) is 0 Å². The van der Waals surface area contributed by atoms with E-state index >= 15 is 0 Å². The molecule has 100 valence electrons. The second-order valence-corrected chi connectivity index (χ2v) is 5.23. The first-order valence-corrected chi connectivity index (χ1v) is 6.77. The number of thiocarbonyl (C=S) groups is 1. The van der Waals surface area contributed by atoms with Gasteiger partial charge < -0.3 is 9.64 Å². The summed E-state index contributed by atoms with van der Waals surface area (Å²) in [5, 5.41) is 0. The van der Waals surface area contributed by atoms with E-state index in [0.29, 0.717) is 11.8 Å². The molecule has 3 heteroatoms. The minimum absolute atomic E-state index is 0.354. The fourth-order valence-corrected chi connectivity index (χ4v) is 2.49. The molecule has 1 aromatic rings. The highest BCUT2D eigenvalue weighted by Crippen LogP contribution is 2.31. The zero-order chi connectivity index (χ0) is 13.7. The van der Waals surface area contributed by atoms with E-state index in [-0.39, 0.29) is 0 Å². The Hall–Kier alpha value is -1.09. The van der Waals surface area contributed by atoms with E-state index in [0.717, 1.165) is 17.2 Å². The molecule has 0 saturated carbocycles. The molecule has 0 heterocycles. The van der Waals surface area contributed by atoms with Gasteiger partial charge in [0.2, 0.25) is 0 Å². The van der Waals surface area contributed by atoms with Gasteiger partial charge in [0.25, 0.3) is 0 Å². The Labute approximate surface area is 116 Å². The van der Waals surface area contributed by atoms with Crippen LogP contribution >= 0.6 is 12.2 Å². The van der Waals surface area contributed by atoms with Gasteiger partial charge in [0, 0.05) is 20.0 Å². The summed E-state index contributed by atoms with van der Waals surface area (Å²) < 4.78 is 5.29. The third-order valence-corrected chi connectivity index (χ3v) is 4.13. The summed E-state index contributed by atoms with van der Waals surface area (Å²) in [4.78, 5) is 3.03. The van der Waals surface area contributed by atoms with Crippen molar-refractivity contribution in [3.05, 3.63) is 29.8 Å². The number of methoxy groups -OCH3 is 1. The summed E-state index contributed by atoms with van der Waals surface area (Å²) in [6, 6.07) is 8.29. The van der Waals surface area contributed by atoms with E-state index in [1.807, 2.05) is 31.1 Å². The molecule has 0 saturated heterocycles. The Morgan fingerprint density at radius 1 is 1.39 bits per heavy atom. The van der Waals surface area contributed by atoms with Gasteiger partial charge in [-0.2, -0.15) is 0 Å². The molecule has 0 spiro atoms. The minimum atomic E-state index is 0.354. The second kappa shape index (κ2) is 6.74. The molecule has 0 radical (unpaired) electrons. The van der Waals surface area contributed by atoms with Crippen LogP contribution in [0.15, 0.2) is 24.3 Å². The first kappa shape index (κ1) is 15.0. The van der Waals surface area contributed by atoms with Crippen LogP contribution < -0.4 is 4.74 Å². The van der Waals surface area contributed by atoms with E-state index in [2.05, 4.69) is 26.0 Å². The Morgan fingerprint density at radius 3 is 2.56 bits per heavy atom. The van der Waals surface area contributed by atoms with Gasteiger partial charge in [0.1, 0.15) is 5.75 Å². The summed E-state index contributed by atoms with van der Waals surface area (Å²) in [5.74, 6) is 1.70. The molecule has 0 amide bonds. The molecule has 1 rings (SSSR count). The summed E-state index contributed by atoms with van der Waals surface area (Å²) in [6.45, 7) is 4.41. The van der Waals surface area contributed by atoms with Crippen molar-refractivity contribution < 1.29 is 4.74 Å². The third-order valence-electron chi connectivity index (χ3n) is 3.40. The van der Waals surface area contributed by atoms with E-state index in [1.165, 1.54) is 5.56 Å². The maximum absolute atomic E-state index is 5.50.